The molecule has 2 aliphatic rings. The standard InChI is InChI=1S/C31H32N2O6/c1-17-6-12-26(39-17)30-28(31(35)33-21-8-10-22(36-3)11-9-21)18(2)32-23-14-20(15-24(34)29(23)30)19-7-13-25(37-4)27(16-19)38-5/h6-13,16,20,30,32H,14-15H2,1-5H3,(H,33,35). The number of Topliss-reactive ketones (excluding diaryl/α,β-unsaturated/α-hetero) is 1. The van der Waals surface area contributed by atoms with Crippen LogP contribution in [-0.2, 0) is 9.59 Å². The van der Waals surface area contributed by atoms with E-state index in [4.69, 9.17) is 18.6 Å². The Hall–Kier alpha value is -4.46. The lowest BCUT2D eigenvalue weighted by Crippen LogP contribution is -2.37. The van der Waals surface area contributed by atoms with E-state index < -0.39 is 5.92 Å². The maximum Gasteiger partial charge on any atom is 0.254 e. The third-order valence-electron chi connectivity index (χ3n) is 7.34. The number of amides is 1. The molecular formula is C31H32N2O6. The first kappa shape index (κ1) is 26.2. The molecule has 3 aromatic rings. The zero-order valence-corrected chi connectivity index (χ0v) is 22.7. The maximum atomic E-state index is 13.8. The summed E-state index contributed by atoms with van der Waals surface area (Å²) in [5.74, 6) is 2.24. The first-order valence-corrected chi connectivity index (χ1v) is 12.8. The number of furan rings is 1. The molecule has 0 saturated carbocycles. The molecule has 2 unspecified atom stereocenters. The number of nitrogens with one attached hydrogen (secondary N) is 2. The largest absolute Gasteiger partial charge is 0.497 e. The number of anilines is 1. The Morgan fingerprint density at radius 3 is 2.31 bits per heavy atom. The molecule has 0 spiro atoms. The minimum atomic E-state index is -0.618. The molecule has 1 amide bonds. The van der Waals surface area contributed by atoms with E-state index >= 15 is 0 Å². The molecule has 1 aromatic heterocycles. The molecule has 2 atom stereocenters. The van der Waals surface area contributed by atoms with Crippen LogP contribution in [0.15, 0.2) is 81.6 Å². The molecule has 1 aliphatic carbocycles. The quantitative estimate of drug-likeness (QED) is 0.411. The van der Waals surface area contributed by atoms with Gasteiger partial charge in [-0.05, 0) is 80.3 Å². The fourth-order valence-electron chi connectivity index (χ4n) is 5.45. The molecule has 8 heteroatoms. The van der Waals surface area contributed by atoms with Crippen molar-refractivity contribution < 1.29 is 28.2 Å². The fraction of sp³-hybridized carbons (Fsp3) is 0.290. The highest BCUT2D eigenvalue weighted by Gasteiger charge is 2.42. The van der Waals surface area contributed by atoms with Crippen LogP contribution in [0.2, 0.25) is 0 Å². The van der Waals surface area contributed by atoms with Gasteiger partial charge < -0.3 is 29.3 Å². The second-order valence-corrected chi connectivity index (χ2v) is 9.76. The van der Waals surface area contributed by atoms with Gasteiger partial charge in [-0.15, -0.1) is 0 Å². The van der Waals surface area contributed by atoms with Gasteiger partial charge in [0.15, 0.2) is 17.3 Å². The van der Waals surface area contributed by atoms with Crippen molar-refractivity contribution in [1.29, 1.82) is 0 Å². The molecule has 0 radical (unpaired) electrons. The highest BCUT2D eigenvalue weighted by Crippen LogP contribution is 2.46. The summed E-state index contributed by atoms with van der Waals surface area (Å²) in [6.45, 7) is 3.71. The second-order valence-electron chi connectivity index (χ2n) is 9.76. The number of carbonyl (C=O) groups excluding carboxylic acids is 2. The van der Waals surface area contributed by atoms with Crippen LogP contribution >= 0.6 is 0 Å². The van der Waals surface area contributed by atoms with Gasteiger partial charge in [0.25, 0.3) is 5.91 Å². The summed E-state index contributed by atoms with van der Waals surface area (Å²) < 4.78 is 22.1. The lowest BCUT2D eigenvalue weighted by Gasteiger charge is -2.36. The molecule has 1 aliphatic heterocycles. The van der Waals surface area contributed by atoms with Crippen LogP contribution < -0.4 is 24.8 Å². The summed E-state index contributed by atoms with van der Waals surface area (Å²) in [4.78, 5) is 27.5. The summed E-state index contributed by atoms with van der Waals surface area (Å²) in [7, 11) is 4.78. The predicted molar refractivity (Wildman–Crippen MR) is 147 cm³/mol. The Labute approximate surface area is 227 Å². The third kappa shape index (κ3) is 5.02. The molecule has 39 heavy (non-hydrogen) atoms. The Morgan fingerprint density at radius 2 is 1.67 bits per heavy atom. The summed E-state index contributed by atoms with van der Waals surface area (Å²) in [6, 6.07) is 16.6. The van der Waals surface area contributed by atoms with E-state index in [9.17, 15) is 9.59 Å². The van der Waals surface area contributed by atoms with Gasteiger partial charge >= 0.3 is 0 Å². The number of hydrogen-bond donors (Lipinski definition) is 2. The van der Waals surface area contributed by atoms with Crippen molar-refractivity contribution in [3.05, 3.63) is 94.2 Å². The molecule has 5 rings (SSSR count). The van der Waals surface area contributed by atoms with Crippen LogP contribution in [0.25, 0.3) is 0 Å². The van der Waals surface area contributed by atoms with E-state index in [2.05, 4.69) is 10.6 Å². The Bertz CT molecular complexity index is 1480. The minimum Gasteiger partial charge on any atom is -0.497 e. The molecule has 0 fully saturated rings. The fourth-order valence-corrected chi connectivity index (χ4v) is 5.45. The molecule has 202 valence electrons. The van der Waals surface area contributed by atoms with E-state index in [1.807, 2.05) is 44.2 Å². The molecule has 2 aromatic carbocycles. The second kappa shape index (κ2) is 10.7. The van der Waals surface area contributed by atoms with E-state index in [0.29, 0.717) is 64.1 Å². The van der Waals surface area contributed by atoms with Crippen molar-refractivity contribution in [2.45, 2.75) is 38.5 Å². The van der Waals surface area contributed by atoms with Crippen molar-refractivity contribution in [2.75, 3.05) is 26.6 Å². The van der Waals surface area contributed by atoms with Crippen LogP contribution in [0.3, 0.4) is 0 Å². The molecule has 2 heterocycles. The summed E-state index contributed by atoms with van der Waals surface area (Å²) >= 11 is 0. The highest BCUT2D eigenvalue weighted by molar-refractivity contribution is 6.09. The number of carbonyl (C=O) groups is 2. The van der Waals surface area contributed by atoms with Crippen molar-refractivity contribution in [1.82, 2.24) is 5.32 Å². The number of aryl methyl sites for hydroxylation is 1. The van der Waals surface area contributed by atoms with Crippen molar-refractivity contribution >= 4 is 17.4 Å². The van der Waals surface area contributed by atoms with Crippen LogP contribution in [0.1, 0.15) is 48.7 Å². The van der Waals surface area contributed by atoms with E-state index in [0.717, 1.165) is 11.3 Å². The SMILES string of the molecule is COc1ccc(NC(=O)C2=C(C)NC3=C(C(=O)CC(c4ccc(OC)c(OC)c4)C3)C2c2ccc(C)o2)cc1. The summed E-state index contributed by atoms with van der Waals surface area (Å²) in [5.41, 5.74) is 4.13. The van der Waals surface area contributed by atoms with Crippen molar-refractivity contribution in [3.63, 3.8) is 0 Å². The monoisotopic (exact) mass is 528 g/mol. The van der Waals surface area contributed by atoms with Crippen LogP contribution in [-0.4, -0.2) is 33.0 Å². The topological polar surface area (TPSA) is 99.0 Å². The molecule has 0 saturated heterocycles. The van der Waals surface area contributed by atoms with Gasteiger partial charge in [0.1, 0.15) is 17.3 Å². The number of dihydropyridines is 1. The average molecular weight is 529 g/mol. The van der Waals surface area contributed by atoms with Gasteiger partial charge in [-0.2, -0.15) is 0 Å². The number of methoxy groups -OCH3 is 3. The number of ether oxygens (including phenoxy) is 3. The number of allylic oxidation sites excluding steroid dienone is 3. The summed E-state index contributed by atoms with van der Waals surface area (Å²) in [6.07, 6.45) is 0.913. The number of benzene rings is 2. The number of rotatable bonds is 7. The smallest absolute Gasteiger partial charge is 0.254 e. The zero-order chi connectivity index (χ0) is 27.7. The maximum absolute atomic E-state index is 13.8. The molecule has 0 bridgehead atoms. The minimum absolute atomic E-state index is 0.0233. The van der Waals surface area contributed by atoms with Gasteiger partial charge in [0.2, 0.25) is 0 Å². The highest BCUT2D eigenvalue weighted by atomic mass is 16.5. The lowest BCUT2D eigenvalue weighted by molar-refractivity contribution is -0.116. The van der Waals surface area contributed by atoms with Gasteiger partial charge in [-0.1, -0.05) is 6.07 Å². The van der Waals surface area contributed by atoms with E-state index in [1.165, 1.54) is 0 Å². The first-order chi connectivity index (χ1) is 18.8. The number of hydrogen-bond acceptors (Lipinski definition) is 7. The molecule has 2 N–H and O–H groups in total. The van der Waals surface area contributed by atoms with Crippen molar-refractivity contribution in [3.8, 4) is 17.2 Å². The van der Waals surface area contributed by atoms with Crippen LogP contribution in [0.4, 0.5) is 5.69 Å². The number of ketones is 1. The Kier molecular flexibility index (Phi) is 7.19. The summed E-state index contributed by atoms with van der Waals surface area (Å²) in [5, 5.41) is 6.38. The van der Waals surface area contributed by atoms with Crippen molar-refractivity contribution in [2.24, 2.45) is 0 Å². The Balaban J connectivity index is 1.50. The average Bonchev–Trinajstić information content (AvgIpc) is 3.37. The first-order valence-electron chi connectivity index (χ1n) is 12.8. The third-order valence-corrected chi connectivity index (χ3v) is 7.34. The zero-order valence-electron chi connectivity index (χ0n) is 22.7. The molecular weight excluding hydrogens is 496 g/mol. The van der Waals surface area contributed by atoms with Gasteiger partial charge in [0, 0.05) is 29.1 Å². The van der Waals surface area contributed by atoms with Crippen LogP contribution in [0, 0.1) is 6.92 Å². The normalized spacial score (nSPS) is 18.8. The van der Waals surface area contributed by atoms with Crippen LogP contribution in [0.5, 0.6) is 17.2 Å². The molecule has 8 nitrogen and oxygen atoms in total. The van der Waals surface area contributed by atoms with E-state index in [1.54, 1.807) is 45.6 Å². The predicted octanol–water partition coefficient (Wildman–Crippen LogP) is 5.61. The van der Waals surface area contributed by atoms with Gasteiger partial charge in [0.05, 0.1) is 32.8 Å². The van der Waals surface area contributed by atoms with E-state index in [-0.39, 0.29) is 17.6 Å². The van der Waals surface area contributed by atoms with Gasteiger partial charge in [-0.3, -0.25) is 9.59 Å². The Morgan fingerprint density at radius 1 is 0.923 bits per heavy atom. The van der Waals surface area contributed by atoms with Gasteiger partial charge in [-0.25, -0.2) is 0 Å². The lowest BCUT2D eigenvalue weighted by atomic mass is 9.73.